The third-order valence-corrected chi connectivity index (χ3v) is 6.91. The summed E-state index contributed by atoms with van der Waals surface area (Å²) in [5, 5.41) is 22.3. The van der Waals surface area contributed by atoms with Crippen molar-refractivity contribution < 1.29 is 19.7 Å². The molecule has 6 rings (SSSR count). The van der Waals surface area contributed by atoms with Crippen molar-refractivity contribution in [2.75, 3.05) is 6.54 Å². The molecule has 0 fully saturated rings. The molecule has 0 bridgehead atoms. The van der Waals surface area contributed by atoms with Gasteiger partial charge in [-0.05, 0) is 30.7 Å². The predicted molar refractivity (Wildman–Crippen MR) is 113 cm³/mol. The molecule has 0 spiro atoms. The molecule has 3 aliphatic heterocycles. The highest BCUT2D eigenvalue weighted by molar-refractivity contribution is 5.89. The van der Waals surface area contributed by atoms with Crippen LogP contribution in [-0.4, -0.2) is 38.7 Å². The number of aliphatic hydroxyl groups excluding tert-OH is 1. The van der Waals surface area contributed by atoms with Crippen LogP contribution in [-0.2, 0) is 29.9 Å². The molecule has 5 heterocycles. The molecule has 2 unspecified atom stereocenters. The van der Waals surface area contributed by atoms with Gasteiger partial charge in [0, 0.05) is 40.6 Å². The average molecular weight is 421 g/mol. The molecule has 0 amide bonds. The Labute approximate surface area is 177 Å². The van der Waals surface area contributed by atoms with Crippen LogP contribution in [0, 0.1) is 0 Å². The van der Waals surface area contributed by atoms with E-state index in [-0.39, 0.29) is 24.7 Å². The summed E-state index contributed by atoms with van der Waals surface area (Å²) in [6.45, 7) is 2.57. The lowest BCUT2D eigenvalue weighted by Gasteiger charge is -2.37. The topological polar surface area (TPSA) is 120 Å². The zero-order valence-corrected chi connectivity index (χ0v) is 17.1. The number of fused-ring (bicyclic) bond motifs is 7. The van der Waals surface area contributed by atoms with E-state index in [1.165, 1.54) is 0 Å². The second-order valence-electron chi connectivity index (χ2n) is 8.54. The van der Waals surface area contributed by atoms with Gasteiger partial charge in [0.25, 0.3) is 5.56 Å². The summed E-state index contributed by atoms with van der Waals surface area (Å²) in [5.41, 5.74) is 9.00. The summed E-state index contributed by atoms with van der Waals surface area (Å²) >= 11 is 0. The summed E-state index contributed by atoms with van der Waals surface area (Å²) in [6.07, 6.45) is -0.449. The molecular formula is C23H23N3O5. The number of rotatable bonds is 2. The highest BCUT2D eigenvalue weighted by Crippen LogP contribution is 2.41. The van der Waals surface area contributed by atoms with Crippen LogP contribution in [0.5, 0.6) is 5.75 Å². The molecule has 0 radical (unpaired) electrons. The number of hydrogen-bond acceptors (Lipinski definition) is 7. The van der Waals surface area contributed by atoms with Crippen LogP contribution in [0.1, 0.15) is 35.6 Å². The smallest absolute Gasteiger partial charge is 0.257 e. The number of benzene rings is 1. The van der Waals surface area contributed by atoms with Gasteiger partial charge >= 0.3 is 0 Å². The van der Waals surface area contributed by atoms with Gasteiger partial charge in [-0.15, -0.1) is 0 Å². The number of pyridine rings is 2. The van der Waals surface area contributed by atoms with Gasteiger partial charge in [-0.2, -0.15) is 0 Å². The predicted octanol–water partition coefficient (Wildman–Crippen LogP) is 1.13. The largest absolute Gasteiger partial charge is 0.488 e. The summed E-state index contributed by atoms with van der Waals surface area (Å²) in [5.74, 6) is 0.840. The second kappa shape index (κ2) is 6.37. The Hall–Kier alpha value is -2.78. The van der Waals surface area contributed by atoms with E-state index in [0.717, 1.165) is 39.9 Å². The van der Waals surface area contributed by atoms with Crippen LogP contribution in [0.4, 0.5) is 0 Å². The first kappa shape index (κ1) is 18.9. The molecule has 0 saturated carbocycles. The first-order chi connectivity index (χ1) is 14.9. The number of aromatic nitrogens is 2. The number of nitrogens with two attached hydrogens (primary N) is 1. The third-order valence-electron chi connectivity index (χ3n) is 6.91. The van der Waals surface area contributed by atoms with Crippen molar-refractivity contribution in [3.63, 3.8) is 0 Å². The SMILES string of the molecule is CC[C@]1(O)c2cc3n(c(=O)c2COC1O)Cc1cc2c4c(ccc2nc1-3)OC(CN)C4. The Bertz CT molecular complexity index is 1320. The Kier molecular flexibility index (Phi) is 3.89. The first-order valence-electron chi connectivity index (χ1n) is 10.6. The summed E-state index contributed by atoms with van der Waals surface area (Å²) in [6, 6.07) is 7.72. The molecule has 2 aromatic heterocycles. The van der Waals surface area contributed by atoms with Gasteiger partial charge < -0.3 is 30.0 Å². The van der Waals surface area contributed by atoms with Gasteiger partial charge in [-0.1, -0.05) is 6.92 Å². The normalized spacial score (nSPS) is 25.7. The lowest BCUT2D eigenvalue weighted by Crippen LogP contribution is -2.47. The van der Waals surface area contributed by atoms with E-state index in [0.29, 0.717) is 29.9 Å². The van der Waals surface area contributed by atoms with Crippen molar-refractivity contribution in [1.29, 1.82) is 0 Å². The van der Waals surface area contributed by atoms with Gasteiger partial charge in [0.15, 0.2) is 6.29 Å². The van der Waals surface area contributed by atoms with Gasteiger partial charge in [-0.25, -0.2) is 4.98 Å². The van der Waals surface area contributed by atoms with Crippen molar-refractivity contribution in [1.82, 2.24) is 9.55 Å². The zero-order chi connectivity index (χ0) is 21.5. The zero-order valence-electron chi connectivity index (χ0n) is 17.1. The Morgan fingerprint density at radius 1 is 1.32 bits per heavy atom. The van der Waals surface area contributed by atoms with E-state index < -0.39 is 11.9 Å². The highest BCUT2D eigenvalue weighted by atomic mass is 16.6. The fourth-order valence-electron chi connectivity index (χ4n) is 5.11. The minimum atomic E-state index is -1.63. The monoisotopic (exact) mass is 421 g/mol. The number of hydrogen-bond donors (Lipinski definition) is 3. The third kappa shape index (κ3) is 2.44. The maximum Gasteiger partial charge on any atom is 0.257 e. The van der Waals surface area contributed by atoms with Crippen LogP contribution in [0.25, 0.3) is 22.3 Å². The maximum absolute atomic E-state index is 13.3. The molecule has 4 N–H and O–H groups in total. The van der Waals surface area contributed by atoms with Crippen LogP contribution in [0.2, 0.25) is 0 Å². The van der Waals surface area contributed by atoms with E-state index >= 15 is 0 Å². The van der Waals surface area contributed by atoms with Crippen LogP contribution in [0.3, 0.4) is 0 Å². The van der Waals surface area contributed by atoms with Crippen LogP contribution in [0.15, 0.2) is 29.1 Å². The fourth-order valence-corrected chi connectivity index (χ4v) is 5.11. The number of aliphatic hydroxyl groups is 2. The minimum absolute atomic E-state index is 0.0291. The lowest BCUT2D eigenvalue weighted by atomic mass is 9.85. The lowest BCUT2D eigenvalue weighted by molar-refractivity contribution is -0.236. The van der Waals surface area contributed by atoms with Crippen molar-refractivity contribution in [3.8, 4) is 17.1 Å². The molecule has 0 aliphatic carbocycles. The van der Waals surface area contributed by atoms with Crippen molar-refractivity contribution in [2.24, 2.45) is 5.73 Å². The summed E-state index contributed by atoms with van der Waals surface area (Å²) in [7, 11) is 0. The molecule has 8 heteroatoms. The Morgan fingerprint density at radius 3 is 2.94 bits per heavy atom. The molecule has 3 aliphatic rings. The second-order valence-corrected chi connectivity index (χ2v) is 8.54. The van der Waals surface area contributed by atoms with E-state index in [9.17, 15) is 15.0 Å². The van der Waals surface area contributed by atoms with Crippen LogP contribution < -0.4 is 16.0 Å². The standard InChI is InChI=1S/C23H23N3O5/c1-2-23(29)16-7-18-20-11(9-26(18)21(27)15(16)10-30-22(23)28)5-13-14-6-12(8-24)31-19(14)4-3-17(13)25-20/h3-5,7,12,22,28-29H,2,6,8-10,24H2,1H3/t12?,22?,23-/m0/s1. The quantitative estimate of drug-likeness (QED) is 0.444. The number of nitrogens with zero attached hydrogens (tertiary/aromatic N) is 2. The molecular weight excluding hydrogens is 398 g/mol. The molecule has 31 heavy (non-hydrogen) atoms. The molecule has 1 aromatic carbocycles. The Morgan fingerprint density at radius 2 is 2.16 bits per heavy atom. The first-order valence-corrected chi connectivity index (χ1v) is 10.6. The van der Waals surface area contributed by atoms with Gasteiger partial charge in [0.2, 0.25) is 0 Å². The molecule has 160 valence electrons. The number of ether oxygens (including phenoxy) is 2. The van der Waals surface area contributed by atoms with Crippen molar-refractivity contribution >= 4 is 10.9 Å². The average Bonchev–Trinajstić information content (AvgIpc) is 3.36. The molecule has 8 nitrogen and oxygen atoms in total. The molecule has 3 aromatic rings. The maximum atomic E-state index is 13.3. The van der Waals surface area contributed by atoms with E-state index in [2.05, 4.69) is 6.07 Å². The minimum Gasteiger partial charge on any atom is -0.488 e. The summed E-state index contributed by atoms with van der Waals surface area (Å²) in [4.78, 5) is 18.2. The van der Waals surface area contributed by atoms with E-state index in [4.69, 9.17) is 20.2 Å². The van der Waals surface area contributed by atoms with Gasteiger partial charge in [0.1, 0.15) is 17.5 Å². The van der Waals surface area contributed by atoms with Crippen molar-refractivity contribution in [2.45, 2.75) is 50.9 Å². The van der Waals surface area contributed by atoms with Gasteiger partial charge in [-0.3, -0.25) is 4.79 Å². The fraction of sp³-hybridized carbons (Fsp3) is 0.391. The molecule has 0 saturated heterocycles. The van der Waals surface area contributed by atoms with Gasteiger partial charge in [0.05, 0.1) is 30.1 Å². The van der Waals surface area contributed by atoms with E-state index in [1.54, 1.807) is 17.6 Å². The van der Waals surface area contributed by atoms with Crippen LogP contribution >= 0.6 is 0 Å². The highest BCUT2D eigenvalue weighted by Gasteiger charge is 2.44. The van der Waals surface area contributed by atoms with E-state index in [1.807, 2.05) is 12.1 Å². The van der Waals surface area contributed by atoms with Crippen molar-refractivity contribution in [3.05, 3.63) is 56.9 Å². The Balaban J connectivity index is 1.55. The summed E-state index contributed by atoms with van der Waals surface area (Å²) < 4.78 is 12.9. The molecule has 3 atom stereocenters.